The fourth-order valence-electron chi connectivity index (χ4n) is 1.81. The summed E-state index contributed by atoms with van der Waals surface area (Å²) >= 11 is 0. The number of anilines is 1. The van der Waals surface area contributed by atoms with E-state index in [4.69, 9.17) is 0 Å². The van der Waals surface area contributed by atoms with Gasteiger partial charge in [0, 0.05) is 38.0 Å². The molecule has 0 radical (unpaired) electrons. The molecule has 0 bridgehead atoms. The Labute approximate surface area is 108 Å². The second-order valence-electron chi connectivity index (χ2n) is 4.29. The van der Waals surface area contributed by atoms with E-state index >= 15 is 0 Å². The molecule has 0 aliphatic rings. The van der Waals surface area contributed by atoms with Crippen LogP contribution in [-0.4, -0.2) is 19.6 Å². The van der Waals surface area contributed by atoms with Crippen LogP contribution in [0.25, 0.3) is 0 Å². The third-order valence-electron chi connectivity index (χ3n) is 2.86. The highest BCUT2D eigenvalue weighted by atomic mass is 19.4. The number of rotatable bonds is 3. The Bertz CT molecular complexity index is 562. The van der Waals surface area contributed by atoms with Gasteiger partial charge in [0.25, 0.3) is 0 Å². The summed E-state index contributed by atoms with van der Waals surface area (Å²) in [7, 11) is 3.04. The van der Waals surface area contributed by atoms with Crippen LogP contribution >= 0.6 is 0 Å². The van der Waals surface area contributed by atoms with Gasteiger partial charge in [0.05, 0.1) is 6.20 Å². The lowest BCUT2D eigenvalue weighted by Crippen LogP contribution is -2.15. The summed E-state index contributed by atoms with van der Waals surface area (Å²) in [6.07, 6.45) is -3.20. The molecular weight excluding hydrogens is 259 g/mol. The predicted octanol–water partition coefficient (Wildman–Crippen LogP) is 2.09. The zero-order valence-corrected chi connectivity index (χ0v) is 10.8. The largest absolute Gasteiger partial charge is 0.433 e. The molecule has 0 saturated carbocycles. The van der Waals surface area contributed by atoms with E-state index < -0.39 is 11.9 Å². The van der Waals surface area contributed by atoms with Gasteiger partial charge >= 0.3 is 6.18 Å². The second kappa shape index (κ2) is 4.60. The summed E-state index contributed by atoms with van der Waals surface area (Å²) in [5, 5.41) is 10.6. The minimum Gasteiger partial charge on any atom is -0.364 e. The fraction of sp³-hybridized carbons (Fsp3) is 0.455. The summed E-state index contributed by atoms with van der Waals surface area (Å²) in [5.41, 5.74) is 0.274. The lowest BCUT2D eigenvalue weighted by atomic mass is 10.2. The van der Waals surface area contributed by atoms with Gasteiger partial charge in [-0.3, -0.25) is 9.36 Å². The van der Waals surface area contributed by atoms with Crippen molar-refractivity contribution < 1.29 is 13.2 Å². The van der Waals surface area contributed by atoms with Gasteiger partial charge in [0.2, 0.25) is 0 Å². The smallest absolute Gasteiger partial charge is 0.364 e. The maximum absolute atomic E-state index is 12.8. The molecule has 0 aromatic carbocycles. The van der Waals surface area contributed by atoms with Gasteiger partial charge in [0.1, 0.15) is 11.5 Å². The normalized spacial score (nSPS) is 11.9. The van der Waals surface area contributed by atoms with Gasteiger partial charge in [-0.25, -0.2) is 0 Å². The first-order valence-electron chi connectivity index (χ1n) is 5.61. The number of alkyl halides is 3. The van der Waals surface area contributed by atoms with Gasteiger partial charge in [-0.05, 0) is 6.92 Å². The summed E-state index contributed by atoms with van der Waals surface area (Å²) in [6.45, 7) is 1.89. The fourth-order valence-corrected chi connectivity index (χ4v) is 1.81. The zero-order chi connectivity index (χ0) is 14.2. The molecule has 0 atom stereocenters. The molecule has 2 aromatic rings. The van der Waals surface area contributed by atoms with Crippen LogP contribution in [0.15, 0.2) is 12.3 Å². The predicted molar refractivity (Wildman–Crippen MR) is 63.5 cm³/mol. The summed E-state index contributed by atoms with van der Waals surface area (Å²) in [5.74, 6) is 0.539. The Hall–Kier alpha value is -1.99. The lowest BCUT2D eigenvalue weighted by molar-refractivity contribution is -0.144. The topological polar surface area (TPSA) is 47.7 Å². The van der Waals surface area contributed by atoms with E-state index in [-0.39, 0.29) is 12.1 Å². The van der Waals surface area contributed by atoms with Crippen molar-refractivity contribution in [3.05, 3.63) is 29.2 Å². The van der Waals surface area contributed by atoms with Crippen molar-refractivity contribution in [3.63, 3.8) is 0 Å². The number of aryl methyl sites for hydroxylation is 3. The Morgan fingerprint density at radius 2 is 1.95 bits per heavy atom. The Morgan fingerprint density at radius 1 is 1.26 bits per heavy atom. The molecule has 0 spiro atoms. The summed E-state index contributed by atoms with van der Waals surface area (Å²) in [4.78, 5) is 0. The number of halogens is 3. The standard InChI is InChI=1S/C11H14F3N5/c1-7-4-9(17-18(7)2)15-5-8-6-16-19(3)10(8)11(12,13)14/h4,6H,5H2,1-3H3,(H,15,17). The average Bonchev–Trinajstić information content (AvgIpc) is 2.80. The van der Waals surface area contributed by atoms with Gasteiger partial charge in [-0.2, -0.15) is 23.4 Å². The second-order valence-corrected chi connectivity index (χ2v) is 4.29. The molecule has 0 aliphatic heterocycles. The van der Waals surface area contributed by atoms with Crippen molar-refractivity contribution in [2.24, 2.45) is 14.1 Å². The Balaban J connectivity index is 2.16. The molecule has 0 amide bonds. The van der Waals surface area contributed by atoms with Crippen molar-refractivity contribution in [1.29, 1.82) is 0 Å². The van der Waals surface area contributed by atoms with E-state index in [2.05, 4.69) is 15.5 Å². The number of aromatic nitrogens is 4. The van der Waals surface area contributed by atoms with Crippen LogP contribution in [0.3, 0.4) is 0 Å². The van der Waals surface area contributed by atoms with E-state index in [9.17, 15) is 13.2 Å². The van der Waals surface area contributed by atoms with Gasteiger partial charge < -0.3 is 5.32 Å². The van der Waals surface area contributed by atoms with E-state index in [1.165, 1.54) is 13.2 Å². The summed E-state index contributed by atoms with van der Waals surface area (Å²) in [6, 6.07) is 1.77. The first-order valence-corrected chi connectivity index (χ1v) is 5.61. The van der Waals surface area contributed by atoms with Crippen LogP contribution in [0.2, 0.25) is 0 Å². The van der Waals surface area contributed by atoms with Crippen molar-refractivity contribution in [1.82, 2.24) is 19.6 Å². The van der Waals surface area contributed by atoms with Crippen LogP contribution in [-0.2, 0) is 26.8 Å². The van der Waals surface area contributed by atoms with E-state index in [1.807, 2.05) is 6.92 Å². The van der Waals surface area contributed by atoms with Crippen molar-refractivity contribution in [3.8, 4) is 0 Å². The highest BCUT2D eigenvalue weighted by molar-refractivity contribution is 5.37. The molecule has 1 N–H and O–H groups in total. The SMILES string of the molecule is Cc1cc(NCc2cnn(C)c2C(F)(F)F)nn1C. The van der Waals surface area contributed by atoms with Gasteiger partial charge in [-0.1, -0.05) is 0 Å². The minimum atomic E-state index is -4.41. The van der Waals surface area contributed by atoms with Gasteiger partial charge in [-0.15, -0.1) is 0 Å². The quantitative estimate of drug-likeness (QED) is 0.931. The molecule has 2 heterocycles. The van der Waals surface area contributed by atoms with Crippen LogP contribution in [0.4, 0.5) is 19.0 Å². The molecule has 0 aliphatic carbocycles. The summed E-state index contributed by atoms with van der Waals surface area (Å²) < 4.78 is 41.0. The highest BCUT2D eigenvalue weighted by Gasteiger charge is 2.37. The van der Waals surface area contributed by atoms with Crippen molar-refractivity contribution in [2.45, 2.75) is 19.6 Å². The van der Waals surface area contributed by atoms with Crippen molar-refractivity contribution in [2.75, 3.05) is 5.32 Å². The Kier molecular flexibility index (Phi) is 3.25. The first-order chi connectivity index (χ1) is 8.79. The third kappa shape index (κ3) is 2.72. The molecule has 0 fully saturated rings. The first kappa shape index (κ1) is 13.4. The van der Waals surface area contributed by atoms with E-state index in [0.29, 0.717) is 5.82 Å². The molecule has 2 rings (SSSR count). The average molecular weight is 273 g/mol. The van der Waals surface area contributed by atoms with Crippen LogP contribution in [0.1, 0.15) is 17.0 Å². The molecule has 8 heteroatoms. The van der Waals surface area contributed by atoms with E-state index in [1.54, 1.807) is 17.8 Å². The monoisotopic (exact) mass is 273 g/mol. The molecule has 19 heavy (non-hydrogen) atoms. The highest BCUT2D eigenvalue weighted by Crippen LogP contribution is 2.31. The third-order valence-corrected chi connectivity index (χ3v) is 2.86. The Morgan fingerprint density at radius 3 is 2.47 bits per heavy atom. The molecular formula is C11H14F3N5. The number of nitrogens with zero attached hydrogens (tertiary/aromatic N) is 4. The molecule has 5 nitrogen and oxygen atoms in total. The maximum atomic E-state index is 12.8. The zero-order valence-electron chi connectivity index (χ0n) is 10.8. The lowest BCUT2D eigenvalue weighted by Gasteiger charge is -2.10. The molecule has 0 unspecified atom stereocenters. The van der Waals surface area contributed by atoms with Gasteiger partial charge in [0.15, 0.2) is 0 Å². The van der Waals surface area contributed by atoms with Crippen LogP contribution < -0.4 is 5.32 Å². The van der Waals surface area contributed by atoms with Crippen molar-refractivity contribution >= 4 is 5.82 Å². The van der Waals surface area contributed by atoms with Crippen LogP contribution in [0.5, 0.6) is 0 Å². The van der Waals surface area contributed by atoms with Crippen LogP contribution in [0, 0.1) is 6.92 Å². The number of hydrogen-bond acceptors (Lipinski definition) is 3. The maximum Gasteiger partial charge on any atom is 0.433 e. The van der Waals surface area contributed by atoms with E-state index in [0.717, 1.165) is 10.4 Å². The molecule has 104 valence electrons. The minimum absolute atomic E-state index is 0.0269. The molecule has 0 saturated heterocycles. The number of nitrogens with one attached hydrogen (secondary N) is 1. The number of hydrogen-bond donors (Lipinski definition) is 1. The molecule has 2 aromatic heterocycles.